The van der Waals surface area contributed by atoms with Crippen LogP contribution in [0.25, 0.3) is 11.1 Å². The van der Waals surface area contributed by atoms with Gasteiger partial charge in [0.2, 0.25) is 0 Å². The Kier molecular flexibility index (Phi) is 8.05. The summed E-state index contributed by atoms with van der Waals surface area (Å²) >= 11 is 3.33. The van der Waals surface area contributed by atoms with E-state index in [2.05, 4.69) is 46.0 Å². The van der Waals surface area contributed by atoms with Gasteiger partial charge in [-0.2, -0.15) is 0 Å². The maximum absolute atomic E-state index is 12.1. The van der Waals surface area contributed by atoms with E-state index in [0.29, 0.717) is 23.2 Å². The molecule has 0 bridgehead atoms. The number of fused-ring (bicyclic) bond motifs is 3. The fourth-order valence-electron chi connectivity index (χ4n) is 5.42. The van der Waals surface area contributed by atoms with Gasteiger partial charge in [0, 0.05) is 43.3 Å². The highest BCUT2D eigenvalue weighted by molar-refractivity contribution is 7.97. The number of aromatic nitrogens is 2. The second-order valence-electron chi connectivity index (χ2n) is 11.8. The Balaban J connectivity index is 1.19. The zero-order valence-corrected chi connectivity index (χ0v) is 24.5. The number of nitrogens with one attached hydrogen (secondary N) is 2. The fraction of sp³-hybridized carbons (Fsp3) is 0.571. The van der Waals surface area contributed by atoms with Gasteiger partial charge in [0.25, 0.3) is 0 Å². The van der Waals surface area contributed by atoms with Crippen LogP contribution >= 0.6 is 23.9 Å². The molecule has 10 heteroatoms. The van der Waals surface area contributed by atoms with E-state index in [1.807, 2.05) is 26.8 Å². The molecule has 0 saturated carbocycles. The third kappa shape index (κ3) is 6.52. The van der Waals surface area contributed by atoms with Crippen LogP contribution in [0.1, 0.15) is 65.3 Å². The van der Waals surface area contributed by atoms with Crippen molar-refractivity contribution in [1.29, 1.82) is 5.41 Å². The number of carbonyl (C=O) groups is 1. The van der Waals surface area contributed by atoms with E-state index < -0.39 is 5.60 Å². The predicted octanol–water partition coefficient (Wildman–Crippen LogP) is 5.85. The Morgan fingerprint density at radius 1 is 0.947 bits per heavy atom. The molecule has 2 fully saturated rings. The summed E-state index contributed by atoms with van der Waals surface area (Å²) in [6.45, 7) is 14.1. The van der Waals surface area contributed by atoms with E-state index in [9.17, 15) is 4.79 Å². The van der Waals surface area contributed by atoms with Crippen LogP contribution in [0.5, 0.6) is 0 Å². The Morgan fingerprint density at radius 3 is 2.00 bits per heavy atom. The van der Waals surface area contributed by atoms with Crippen molar-refractivity contribution < 1.29 is 9.53 Å². The van der Waals surface area contributed by atoms with E-state index in [4.69, 9.17) is 20.1 Å². The summed E-state index contributed by atoms with van der Waals surface area (Å²) < 4.78 is 10.1. The lowest BCUT2D eigenvalue weighted by molar-refractivity contribution is 0.0490. The van der Waals surface area contributed by atoms with Crippen molar-refractivity contribution in [3.8, 4) is 11.1 Å². The molecule has 0 unspecified atom stereocenters. The lowest BCUT2D eigenvalue weighted by Gasteiger charge is -2.33. The number of hydrogen-bond acceptors (Lipinski definition) is 9. The molecule has 204 valence electrons. The number of alkyl carbamates (subject to hydrolysis) is 1. The molecule has 4 heterocycles. The van der Waals surface area contributed by atoms with E-state index in [1.54, 1.807) is 23.9 Å². The van der Waals surface area contributed by atoms with Crippen molar-refractivity contribution in [3.63, 3.8) is 0 Å². The van der Waals surface area contributed by atoms with Crippen molar-refractivity contribution in [1.82, 2.24) is 23.9 Å². The quantitative estimate of drug-likeness (QED) is 0.379. The van der Waals surface area contributed by atoms with E-state index >= 15 is 0 Å². The molecule has 2 aliphatic heterocycles. The first kappa shape index (κ1) is 27.4. The first-order chi connectivity index (χ1) is 18.0. The van der Waals surface area contributed by atoms with Crippen LogP contribution in [0.15, 0.2) is 34.3 Å². The summed E-state index contributed by atoms with van der Waals surface area (Å²) in [6.07, 6.45) is 2.65. The van der Waals surface area contributed by atoms with Crippen LogP contribution in [0.3, 0.4) is 0 Å². The second-order valence-corrected chi connectivity index (χ2v) is 14.0. The maximum Gasteiger partial charge on any atom is 0.407 e. The first-order valence-electron chi connectivity index (χ1n) is 13.5. The summed E-state index contributed by atoms with van der Waals surface area (Å²) in [5, 5.41) is 13.7. The van der Waals surface area contributed by atoms with Crippen LogP contribution in [-0.2, 0) is 4.74 Å². The predicted molar refractivity (Wildman–Crippen MR) is 154 cm³/mol. The minimum Gasteiger partial charge on any atom is -0.444 e. The number of nitrogens with zero attached hydrogens (tertiary/aromatic N) is 4. The molecule has 2 N–H and O–H groups in total. The van der Waals surface area contributed by atoms with Crippen molar-refractivity contribution in [2.45, 2.75) is 75.6 Å². The highest BCUT2D eigenvalue weighted by Crippen LogP contribution is 2.38. The van der Waals surface area contributed by atoms with Gasteiger partial charge in [-0.25, -0.2) is 23.4 Å². The molecule has 5 rings (SSSR count). The van der Waals surface area contributed by atoms with Crippen molar-refractivity contribution in [2.24, 2.45) is 11.8 Å². The maximum atomic E-state index is 12.1. The average molecular weight is 555 g/mol. The van der Waals surface area contributed by atoms with E-state index in [-0.39, 0.29) is 12.1 Å². The number of ether oxygens (including phenoxy) is 1. The van der Waals surface area contributed by atoms with Gasteiger partial charge in [-0.1, -0.05) is 13.8 Å². The minimum atomic E-state index is -0.492. The molecule has 1 amide bonds. The number of rotatable bonds is 5. The lowest BCUT2D eigenvalue weighted by atomic mass is 9.94. The lowest BCUT2D eigenvalue weighted by Crippen LogP contribution is -2.44. The van der Waals surface area contributed by atoms with Gasteiger partial charge in [-0.05, 0) is 100 Å². The normalized spacial score (nSPS) is 22.7. The van der Waals surface area contributed by atoms with Crippen molar-refractivity contribution >= 4 is 35.7 Å². The summed E-state index contributed by atoms with van der Waals surface area (Å²) in [5.74, 6) is 1.38. The van der Waals surface area contributed by atoms with Gasteiger partial charge in [0.15, 0.2) is 0 Å². The van der Waals surface area contributed by atoms with Crippen LogP contribution in [-0.4, -0.2) is 68.2 Å². The molecular weight excluding hydrogens is 516 g/mol. The molecule has 38 heavy (non-hydrogen) atoms. The number of piperidine rings is 2. The molecule has 0 radical (unpaired) electrons. The number of carbonyl (C=O) groups excluding carboxylic acids is 1. The topological polar surface area (TPSA) is 94.4 Å². The summed E-state index contributed by atoms with van der Waals surface area (Å²) in [7, 11) is 0. The molecule has 8 nitrogen and oxygen atoms in total. The smallest absolute Gasteiger partial charge is 0.407 e. The molecule has 0 spiro atoms. The monoisotopic (exact) mass is 554 g/mol. The third-order valence-electron chi connectivity index (χ3n) is 6.96. The van der Waals surface area contributed by atoms with E-state index in [1.165, 1.54) is 6.42 Å². The highest BCUT2D eigenvalue weighted by Gasteiger charge is 2.30. The molecular formula is C28H38N6O2S2. The number of pyridine rings is 2. The highest BCUT2D eigenvalue weighted by atomic mass is 32.2. The molecule has 1 aliphatic carbocycles. The Labute approximate surface area is 234 Å². The number of hydrogen-bond donors (Lipinski definition) is 2. The van der Waals surface area contributed by atoms with Gasteiger partial charge in [0.1, 0.15) is 21.4 Å². The average Bonchev–Trinajstić information content (AvgIpc) is 3.09. The zero-order chi connectivity index (χ0) is 27.0. The SMILES string of the molecule is C[C@@H]1C[C@H](C)CN(Sc2ccc3c(n2)C(=N)c2nc(SN4CCC(NC(=O)OC(C)(C)C)CC4)ccc2-3)C1. The zero-order valence-electron chi connectivity index (χ0n) is 22.9. The Morgan fingerprint density at radius 2 is 1.47 bits per heavy atom. The minimum absolute atomic E-state index is 0.117. The summed E-state index contributed by atoms with van der Waals surface area (Å²) in [5.41, 5.74) is 3.33. The number of amides is 1. The molecule has 2 aromatic heterocycles. The molecule has 2 atom stereocenters. The van der Waals surface area contributed by atoms with Crippen LogP contribution in [0.4, 0.5) is 4.79 Å². The standard InChI is InChI=1S/C28H38N6O2S2/c1-17-14-18(2)16-34(15-17)38-23-9-7-21-20-6-8-22(31-25(20)24(29)26(21)32-23)37-33-12-10-19(11-13-33)30-27(35)36-28(3,4)5/h6-9,17-19,29H,10-16H2,1-5H3,(H,30,35)/t17-,18+. The molecule has 3 aliphatic rings. The molecule has 0 aromatic carbocycles. The molecule has 2 saturated heterocycles. The largest absolute Gasteiger partial charge is 0.444 e. The van der Waals surface area contributed by atoms with Gasteiger partial charge < -0.3 is 10.1 Å². The van der Waals surface area contributed by atoms with Crippen molar-refractivity contribution in [2.75, 3.05) is 26.2 Å². The van der Waals surface area contributed by atoms with E-state index in [0.717, 1.165) is 65.9 Å². The van der Waals surface area contributed by atoms with Crippen LogP contribution in [0.2, 0.25) is 0 Å². The van der Waals surface area contributed by atoms with Gasteiger partial charge in [-0.3, -0.25) is 5.41 Å². The Bertz CT molecular complexity index is 1200. The van der Waals surface area contributed by atoms with Crippen LogP contribution in [0, 0.1) is 17.2 Å². The fourth-order valence-corrected chi connectivity index (χ4v) is 7.53. The van der Waals surface area contributed by atoms with Gasteiger partial charge in [-0.15, -0.1) is 0 Å². The Hall–Kier alpha value is -2.14. The van der Waals surface area contributed by atoms with Crippen LogP contribution < -0.4 is 5.32 Å². The first-order valence-corrected chi connectivity index (χ1v) is 15.1. The summed E-state index contributed by atoms with van der Waals surface area (Å²) in [4.78, 5) is 21.8. The van der Waals surface area contributed by atoms with Crippen molar-refractivity contribution in [3.05, 3.63) is 35.7 Å². The second kappa shape index (κ2) is 11.2. The van der Waals surface area contributed by atoms with Gasteiger partial charge >= 0.3 is 6.09 Å². The molecule has 2 aromatic rings. The summed E-state index contributed by atoms with van der Waals surface area (Å²) in [6, 6.07) is 8.40. The third-order valence-corrected chi connectivity index (χ3v) is 8.97. The van der Waals surface area contributed by atoms with Gasteiger partial charge in [0.05, 0.1) is 11.4 Å².